The second-order valence-corrected chi connectivity index (χ2v) is 4.89. The number of hydrogen-bond donors (Lipinski definition) is 1. The highest BCUT2D eigenvalue weighted by Crippen LogP contribution is 2.09. The zero-order chi connectivity index (χ0) is 11.8. The summed E-state index contributed by atoms with van der Waals surface area (Å²) >= 11 is 0. The van der Waals surface area contributed by atoms with Crippen molar-refractivity contribution in [3.8, 4) is 0 Å². The number of unbranched alkanes of at least 4 members (excludes halogenated alkanes) is 3. The number of carbonyl (C=O) groups is 1. The van der Waals surface area contributed by atoms with Crippen LogP contribution in [0.3, 0.4) is 0 Å². The lowest BCUT2D eigenvalue weighted by atomic mass is 10.1. The van der Waals surface area contributed by atoms with E-state index in [-0.39, 0.29) is 6.03 Å². The molecule has 0 radical (unpaired) electrons. The highest BCUT2D eigenvalue weighted by Gasteiger charge is 2.18. The van der Waals surface area contributed by atoms with Crippen molar-refractivity contribution < 1.29 is 4.79 Å². The summed E-state index contributed by atoms with van der Waals surface area (Å²) in [5, 5.41) is 3.09. The third-order valence-corrected chi connectivity index (χ3v) is 3.25. The molecule has 0 spiro atoms. The summed E-state index contributed by atoms with van der Waals surface area (Å²) in [6, 6.07) is 0.463. The van der Waals surface area contributed by atoms with Crippen LogP contribution in [0.15, 0.2) is 0 Å². The molecule has 1 rings (SSSR count). The average molecular weight is 226 g/mol. The van der Waals surface area contributed by atoms with Crippen LogP contribution in [0.25, 0.3) is 0 Å². The second kappa shape index (κ2) is 7.53. The van der Waals surface area contributed by atoms with Crippen LogP contribution >= 0.6 is 0 Å². The molecule has 1 atom stereocenters. The fourth-order valence-electron chi connectivity index (χ4n) is 2.17. The lowest BCUT2D eigenvalue weighted by molar-refractivity contribution is 0.204. The molecule has 1 aliphatic rings. The number of nitrogens with one attached hydrogen (secondary N) is 1. The average Bonchev–Trinajstić information content (AvgIpc) is 2.77. The van der Waals surface area contributed by atoms with E-state index < -0.39 is 0 Å². The molecule has 2 amide bonds. The third-order valence-electron chi connectivity index (χ3n) is 3.25. The number of urea groups is 1. The summed E-state index contributed by atoms with van der Waals surface area (Å²) in [5.41, 5.74) is 0. The van der Waals surface area contributed by atoms with Gasteiger partial charge in [0.2, 0.25) is 0 Å². The summed E-state index contributed by atoms with van der Waals surface area (Å²) < 4.78 is 0. The van der Waals surface area contributed by atoms with Gasteiger partial charge in [-0.15, -0.1) is 0 Å². The Labute approximate surface area is 99.6 Å². The van der Waals surface area contributed by atoms with E-state index >= 15 is 0 Å². The number of likely N-dealkylation sites (tertiary alicyclic amines) is 1. The molecular formula is C13H26N2O. The predicted octanol–water partition coefficient (Wildman–Crippen LogP) is 3.15. The Hall–Kier alpha value is -0.730. The van der Waals surface area contributed by atoms with Gasteiger partial charge in [0, 0.05) is 19.1 Å². The van der Waals surface area contributed by atoms with Gasteiger partial charge in [-0.05, 0) is 26.2 Å². The monoisotopic (exact) mass is 226 g/mol. The minimum absolute atomic E-state index is 0.139. The van der Waals surface area contributed by atoms with Gasteiger partial charge in [-0.3, -0.25) is 0 Å². The highest BCUT2D eigenvalue weighted by atomic mass is 16.2. The van der Waals surface area contributed by atoms with E-state index in [1.54, 1.807) is 0 Å². The predicted molar refractivity (Wildman–Crippen MR) is 67.6 cm³/mol. The Morgan fingerprint density at radius 3 is 2.56 bits per heavy atom. The molecule has 0 bridgehead atoms. The van der Waals surface area contributed by atoms with E-state index in [0.29, 0.717) is 6.04 Å². The lowest BCUT2D eigenvalue weighted by Gasteiger charge is -2.20. The highest BCUT2D eigenvalue weighted by molar-refractivity contribution is 5.74. The van der Waals surface area contributed by atoms with Crippen LogP contribution in [-0.4, -0.2) is 30.1 Å². The maximum Gasteiger partial charge on any atom is 0.317 e. The molecule has 1 aliphatic heterocycles. The van der Waals surface area contributed by atoms with Crippen LogP contribution in [-0.2, 0) is 0 Å². The van der Waals surface area contributed by atoms with Crippen molar-refractivity contribution in [2.24, 2.45) is 0 Å². The zero-order valence-corrected chi connectivity index (χ0v) is 10.8. The number of nitrogens with zero attached hydrogens (tertiary/aromatic N) is 1. The molecule has 1 fully saturated rings. The van der Waals surface area contributed by atoms with Crippen molar-refractivity contribution >= 4 is 6.03 Å². The molecule has 94 valence electrons. The molecule has 0 aromatic carbocycles. The van der Waals surface area contributed by atoms with E-state index in [1.807, 2.05) is 4.90 Å². The lowest BCUT2D eigenvalue weighted by Crippen LogP contribution is -2.42. The first-order chi connectivity index (χ1) is 7.74. The van der Waals surface area contributed by atoms with Crippen molar-refractivity contribution in [2.45, 2.75) is 64.8 Å². The Morgan fingerprint density at radius 2 is 1.94 bits per heavy atom. The summed E-state index contributed by atoms with van der Waals surface area (Å²) in [7, 11) is 0. The summed E-state index contributed by atoms with van der Waals surface area (Å²) in [5.74, 6) is 0. The number of amides is 2. The molecule has 0 unspecified atom stereocenters. The standard InChI is InChI=1S/C13H26N2O/c1-3-4-5-6-9-12(2)14-13(16)15-10-7-8-11-15/h12H,3-11H2,1-2H3,(H,14,16)/t12-/m1/s1. The van der Waals surface area contributed by atoms with Gasteiger partial charge in [0.15, 0.2) is 0 Å². The summed E-state index contributed by atoms with van der Waals surface area (Å²) in [4.78, 5) is 13.7. The maximum atomic E-state index is 11.8. The smallest absolute Gasteiger partial charge is 0.317 e. The molecular weight excluding hydrogens is 200 g/mol. The van der Waals surface area contributed by atoms with Gasteiger partial charge in [-0.25, -0.2) is 4.79 Å². The van der Waals surface area contributed by atoms with Gasteiger partial charge in [0.05, 0.1) is 0 Å². The Morgan fingerprint density at radius 1 is 1.25 bits per heavy atom. The van der Waals surface area contributed by atoms with Crippen LogP contribution in [0, 0.1) is 0 Å². The van der Waals surface area contributed by atoms with Crippen molar-refractivity contribution in [3.63, 3.8) is 0 Å². The fourth-order valence-corrected chi connectivity index (χ4v) is 2.17. The Balaban J connectivity index is 2.08. The first-order valence-electron chi connectivity index (χ1n) is 6.79. The first kappa shape index (κ1) is 13.3. The van der Waals surface area contributed by atoms with Crippen LogP contribution in [0.2, 0.25) is 0 Å². The quantitative estimate of drug-likeness (QED) is 0.693. The van der Waals surface area contributed by atoms with Gasteiger partial charge in [-0.1, -0.05) is 32.6 Å². The number of carbonyl (C=O) groups excluding carboxylic acids is 1. The molecule has 3 heteroatoms. The van der Waals surface area contributed by atoms with Crippen molar-refractivity contribution in [1.29, 1.82) is 0 Å². The van der Waals surface area contributed by atoms with Crippen molar-refractivity contribution in [3.05, 3.63) is 0 Å². The molecule has 1 heterocycles. The largest absolute Gasteiger partial charge is 0.336 e. The van der Waals surface area contributed by atoms with Crippen LogP contribution < -0.4 is 5.32 Å². The Kier molecular flexibility index (Phi) is 6.27. The first-order valence-corrected chi connectivity index (χ1v) is 6.79. The van der Waals surface area contributed by atoms with Gasteiger partial charge in [-0.2, -0.15) is 0 Å². The third kappa shape index (κ3) is 4.86. The van der Waals surface area contributed by atoms with E-state index in [0.717, 1.165) is 32.4 Å². The summed E-state index contributed by atoms with van der Waals surface area (Å²) in [6.45, 7) is 6.21. The van der Waals surface area contributed by atoms with Gasteiger partial charge >= 0.3 is 6.03 Å². The maximum absolute atomic E-state index is 11.8. The van der Waals surface area contributed by atoms with Crippen molar-refractivity contribution in [2.75, 3.05) is 13.1 Å². The van der Waals surface area contributed by atoms with E-state index in [2.05, 4.69) is 19.2 Å². The zero-order valence-electron chi connectivity index (χ0n) is 10.8. The summed E-state index contributed by atoms with van der Waals surface area (Å²) in [6.07, 6.45) is 8.55. The number of rotatable bonds is 6. The topological polar surface area (TPSA) is 32.3 Å². The van der Waals surface area contributed by atoms with Gasteiger partial charge < -0.3 is 10.2 Å². The molecule has 0 aromatic heterocycles. The molecule has 0 saturated carbocycles. The van der Waals surface area contributed by atoms with Crippen LogP contribution in [0.1, 0.15) is 58.8 Å². The van der Waals surface area contributed by atoms with Crippen LogP contribution in [0.5, 0.6) is 0 Å². The second-order valence-electron chi connectivity index (χ2n) is 4.89. The fraction of sp³-hybridized carbons (Fsp3) is 0.923. The Bertz CT molecular complexity index is 200. The minimum Gasteiger partial charge on any atom is -0.336 e. The molecule has 1 N–H and O–H groups in total. The minimum atomic E-state index is 0.139. The van der Waals surface area contributed by atoms with E-state index in [1.165, 1.54) is 25.7 Å². The van der Waals surface area contributed by atoms with Gasteiger partial charge in [0.1, 0.15) is 0 Å². The number of hydrogen-bond acceptors (Lipinski definition) is 1. The van der Waals surface area contributed by atoms with Crippen LogP contribution in [0.4, 0.5) is 4.79 Å². The van der Waals surface area contributed by atoms with Gasteiger partial charge in [0.25, 0.3) is 0 Å². The molecule has 0 aromatic rings. The molecule has 16 heavy (non-hydrogen) atoms. The molecule has 3 nitrogen and oxygen atoms in total. The SMILES string of the molecule is CCCCCC[C@@H](C)NC(=O)N1CCCC1. The molecule has 1 saturated heterocycles. The normalized spacial score (nSPS) is 17.5. The van der Waals surface area contributed by atoms with E-state index in [9.17, 15) is 4.79 Å². The molecule has 0 aliphatic carbocycles. The van der Waals surface area contributed by atoms with Crippen molar-refractivity contribution in [1.82, 2.24) is 10.2 Å². The van der Waals surface area contributed by atoms with E-state index in [4.69, 9.17) is 0 Å².